The number of aliphatic imine (C=N–C) groups is 1. The van der Waals surface area contributed by atoms with Crippen molar-refractivity contribution in [2.24, 2.45) is 10.7 Å². The summed E-state index contributed by atoms with van der Waals surface area (Å²) in [6.45, 7) is 4.39. The summed E-state index contributed by atoms with van der Waals surface area (Å²) in [7, 11) is 0. The topological polar surface area (TPSA) is 201 Å². The van der Waals surface area contributed by atoms with Gasteiger partial charge in [0, 0.05) is 13.1 Å². The molecule has 32 heavy (non-hydrogen) atoms. The molecule has 0 unspecified atom stereocenters. The molecule has 1 aromatic rings. The maximum Gasteiger partial charge on any atom is 0.335 e. The first-order valence-corrected chi connectivity index (χ1v) is 10.4. The summed E-state index contributed by atoms with van der Waals surface area (Å²) in [5.74, 6) is -2.48. The lowest BCUT2D eigenvalue weighted by molar-refractivity contribution is -0.164. The van der Waals surface area contributed by atoms with E-state index < -0.39 is 23.9 Å². The highest BCUT2D eigenvalue weighted by atomic mass is 35.5. The zero-order valence-electron chi connectivity index (χ0n) is 17.8. The number of likely N-dealkylation sites (tertiary alicyclic amines) is 1. The second-order valence-electron chi connectivity index (χ2n) is 6.78. The van der Waals surface area contributed by atoms with Crippen molar-refractivity contribution in [3.05, 3.63) is 10.8 Å². The summed E-state index contributed by atoms with van der Waals surface area (Å²) in [5, 5.41) is 2.22. The second kappa shape index (κ2) is 11.4. The van der Waals surface area contributed by atoms with Gasteiger partial charge in [0.1, 0.15) is 0 Å². The Bertz CT molecular complexity index is 870. The van der Waals surface area contributed by atoms with E-state index in [1.54, 1.807) is 18.7 Å². The van der Waals surface area contributed by atoms with Gasteiger partial charge in [0.2, 0.25) is 6.04 Å². The average Bonchev–Trinajstić information content (AvgIpc) is 2.72. The van der Waals surface area contributed by atoms with Crippen LogP contribution in [0.3, 0.4) is 0 Å². The van der Waals surface area contributed by atoms with E-state index in [1.165, 1.54) is 0 Å². The minimum Gasteiger partial charge on any atom is -0.464 e. The van der Waals surface area contributed by atoms with Crippen LogP contribution < -0.4 is 22.5 Å². The lowest BCUT2D eigenvalue weighted by atomic mass is 10.0. The molecule has 1 fully saturated rings. The van der Waals surface area contributed by atoms with Gasteiger partial charge in [0.05, 0.1) is 19.3 Å². The summed E-state index contributed by atoms with van der Waals surface area (Å²) in [6, 6.07) is -1.37. The van der Waals surface area contributed by atoms with E-state index >= 15 is 0 Å². The minimum absolute atomic E-state index is 0.0990. The van der Waals surface area contributed by atoms with Crippen LogP contribution in [0.2, 0.25) is 5.15 Å². The van der Waals surface area contributed by atoms with Gasteiger partial charge in [-0.3, -0.25) is 15.0 Å². The molecular weight excluding hydrogens is 444 g/mol. The maximum atomic E-state index is 12.3. The average molecular weight is 471 g/mol. The molecule has 176 valence electrons. The molecule has 7 N–H and O–H groups in total. The van der Waals surface area contributed by atoms with Crippen LogP contribution in [-0.2, 0) is 19.1 Å². The van der Waals surface area contributed by atoms with E-state index in [4.69, 9.17) is 38.3 Å². The highest BCUT2D eigenvalue weighted by Crippen LogP contribution is 2.19. The smallest absolute Gasteiger partial charge is 0.335 e. The zero-order chi connectivity index (χ0) is 23.8. The Labute approximate surface area is 189 Å². The molecule has 1 aromatic heterocycles. The fourth-order valence-corrected chi connectivity index (χ4v) is 3.25. The minimum atomic E-state index is -1.13. The highest BCUT2D eigenvalue weighted by Gasteiger charge is 2.37. The molecule has 1 amide bonds. The number of nitrogens with zero attached hydrogens (tertiary/aromatic N) is 4. The number of guanidine groups is 1. The molecule has 2 rings (SSSR count). The number of rotatable bonds is 7. The fourth-order valence-electron chi connectivity index (χ4n) is 3.12. The SMILES string of the molecule is CCOC(=O)C(C(=O)OCC)N1CCC(N=C(N)NC(=O)c2nc(Cl)c(N)nc2N)CC1. The van der Waals surface area contributed by atoms with Crippen molar-refractivity contribution in [3.8, 4) is 0 Å². The van der Waals surface area contributed by atoms with Crippen molar-refractivity contribution < 1.29 is 23.9 Å². The molecule has 14 heteroatoms. The van der Waals surface area contributed by atoms with Crippen LogP contribution in [0, 0.1) is 0 Å². The molecule has 13 nitrogen and oxygen atoms in total. The Hall–Kier alpha value is -3.19. The molecule has 1 aliphatic heterocycles. The number of carbonyl (C=O) groups excluding carboxylic acids is 3. The van der Waals surface area contributed by atoms with E-state index in [1.807, 2.05) is 0 Å². The Kier molecular flexibility index (Phi) is 8.96. The zero-order valence-corrected chi connectivity index (χ0v) is 18.6. The molecule has 0 radical (unpaired) electrons. The van der Waals surface area contributed by atoms with Crippen molar-refractivity contribution in [3.63, 3.8) is 0 Å². The Morgan fingerprint density at radius 1 is 1.12 bits per heavy atom. The van der Waals surface area contributed by atoms with Crippen LogP contribution >= 0.6 is 11.6 Å². The van der Waals surface area contributed by atoms with E-state index in [0.717, 1.165) is 0 Å². The van der Waals surface area contributed by atoms with E-state index in [0.29, 0.717) is 25.9 Å². The number of nitrogen functional groups attached to an aromatic ring is 2. The predicted molar refractivity (Wildman–Crippen MR) is 117 cm³/mol. The Morgan fingerprint density at radius 2 is 1.69 bits per heavy atom. The highest BCUT2D eigenvalue weighted by molar-refractivity contribution is 6.31. The third kappa shape index (κ3) is 6.40. The standard InChI is InChI=1S/C18H27ClN8O5/c1-3-31-16(29)11(17(30)32-4-2)27-7-5-9(6-8-27)23-18(22)26-15(28)10-13(20)25-14(21)12(19)24-10/h9,11H,3-8H2,1-2H3,(H4,20,21,25)(H3,22,23,26,28). The van der Waals surface area contributed by atoms with Crippen LogP contribution in [-0.4, -0.2) is 77.1 Å². The molecular formula is C18H27ClN8O5. The van der Waals surface area contributed by atoms with Gasteiger partial charge in [0.25, 0.3) is 5.91 Å². The normalized spacial score (nSPS) is 15.4. The molecule has 0 atom stereocenters. The molecule has 0 spiro atoms. The lowest BCUT2D eigenvalue weighted by Crippen LogP contribution is -2.52. The lowest BCUT2D eigenvalue weighted by Gasteiger charge is -2.33. The van der Waals surface area contributed by atoms with Crippen LogP contribution in [0.15, 0.2) is 4.99 Å². The number of ether oxygens (including phenoxy) is 2. The van der Waals surface area contributed by atoms with Gasteiger partial charge in [-0.25, -0.2) is 24.5 Å². The van der Waals surface area contributed by atoms with E-state index in [2.05, 4.69) is 20.3 Å². The van der Waals surface area contributed by atoms with Crippen LogP contribution in [0.25, 0.3) is 0 Å². The summed E-state index contributed by atoms with van der Waals surface area (Å²) in [5.41, 5.74) is 16.8. The van der Waals surface area contributed by atoms with E-state index in [9.17, 15) is 14.4 Å². The van der Waals surface area contributed by atoms with Crippen molar-refractivity contribution in [1.29, 1.82) is 0 Å². The molecule has 0 saturated carbocycles. The summed E-state index contributed by atoms with van der Waals surface area (Å²) < 4.78 is 10.0. The van der Waals surface area contributed by atoms with Crippen molar-refractivity contribution in [2.75, 3.05) is 37.8 Å². The largest absolute Gasteiger partial charge is 0.464 e. The van der Waals surface area contributed by atoms with Crippen molar-refractivity contribution in [1.82, 2.24) is 20.2 Å². The number of aromatic nitrogens is 2. The van der Waals surface area contributed by atoms with Crippen LogP contribution in [0.1, 0.15) is 37.2 Å². The van der Waals surface area contributed by atoms with Crippen LogP contribution in [0.5, 0.6) is 0 Å². The maximum absolute atomic E-state index is 12.3. The number of anilines is 2. The molecule has 0 aromatic carbocycles. The molecule has 1 saturated heterocycles. The van der Waals surface area contributed by atoms with Gasteiger partial charge in [-0.15, -0.1) is 0 Å². The number of halogens is 1. The van der Waals surface area contributed by atoms with Gasteiger partial charge in [-0.2, -0.15) is 0 Å². The van der Waals surface area contributed by atoms with Gasteiger partial charge in [-0.05, 0) is 26.7 Å². The van der Waals surface area contributed by atoms with Crippen molar-refractivity contribution >= 4 is 47.0 Å². The number of amides is 1. The van der Waals surface area contributed by atoms with Gasteiger partial charge in [0.15, 0.2) is 28.4 Å². The number of piperidine rings is 1. The molecule has 0 aliphatic carbocycles. The predicted octanol–water partition coefficient (Wildman–Crippen LogP) is -0.702. The van der Waals surface area contributed by atoms with Crippen LogP contribution in [0.4, 0.5) is 11.6 Å². The first-order valence-electron chi connectivity index (χ1n) is 9.98. The molecule has 2 heterocycles. The van der Waals surface area contributed by atoms with E-state index in [-0.39, 0.29) is 47.7 Å². The Morgan fingerprint density at radius 3 is 2.22 bits per heavy atom. The number of hydrogen-bond acceptors (Lipinski definition) is 11. The number of carbonyl (C=O) groups is 3. The first-order chi connectivity index (χ1) is 15.2. The monoisotopic (exact) mass is 470 g/mol. The summed E-state index contributed by atoms with van der Waals surface area (Å²) >= 11 is 5.78. The number of esters is 2. The number of nitrogens with one attached hydrogen (secondary N) is 1. The second-order valence-corrected chi connectivity index (χ2v) is 7.13. The first kappa shape index (κ1) is 25.1. The fraction of sp³-hybridized carbons (Fsp3) is 0.556. The number of nitrogens with two attached hydrogens (primary N) is 3. The summed E-state index contributed by atoms with van der Waals surface area (Å²) in [6.07, 6.45) is 0.975. The van der Waals surface area contributed by atoms with Gasteiger partial charge >= 0.3 is 11.9 Å². The molecule has 1 aliphatic rings. The third-order valence-corrected chi connectivity index (χ3v) is 4.85. The number of hydrogen-bond donors (Lipinski definition) is 4. The summed E-state index contributed by atoms with van der Waals surface area (Å²) in [4.78, 5) is 50.3. The van der Waals surface area contributed by atoms with Crippen molar-refractivity contribution in [2.45, 2.75) is 38.8 Å². The van der Waals surface area contributed by atoms with Gasteiger partial charge < -0.3 is 26.7 Å². The third-order valence-electron chi connectivity index (χ3n) is 4.57. The molecule has 0 bridgehead atoms. The quantitative estimate of drug-likeness (QED) is 0.170. The Balaban J connectivity index is 1.99. The van der Waals surface area contributed by atoms with Gasteiger partial charge in [-0.1, -0.05) is 11.6 Å².